The molecule has 1 fully saturated rings. The molecule has 0 spiro atoms. The van der Waals surface area contributed by atoms with Crippen LogP contribution in [0.15, 0.2) is 24.3 Å². The monoisotopic (exact) mass is 292 g/mol. The highest BCUT2D eigenvalue weighted by Gasteiger charge is 2.24. The summed E-state index contributed by atoms with van der Waals surface area (Å²) in [5.74, 6) is -0.398. The fourth-order valence-corrected chi connectivity index (χ4v) is 1.91. The number of hydrogen-bond donors (Lipinski definition) is 4. The topological polar surface area (TPSA) is 98.7 Å². The molecule has 2 unspecified atom stereocenters. The Bertz CT molecular complexity index is 511. The summed E-state index contributed by atoms with van der Waals surface area (Å²) in [5.41, 5.74) is 1.02. The maximum absolute atomic E-state index is 11.8. The molecule has 4 N–H and O–H groups in total. The Morgan fingerprint density at radius 1 is 1.24 bits per heavy atom. The average molecular weight is 292 g/mol. The summed E-state index contributed by atoms with van der Waals surface area (Å²) in [6, 6.07) is 6.72. The summed E-state index contributed by atoms with van der Waals surface area (Å²) in [7, 11) is 0. The Balaban J connectivity index is 1.93. The largest absolute Gasteiger partial charge is 0.388 e. The first-order valence-corrected chi connectivity index (χ1v) is 6.98. The second kappa shape index (κ2) is 6.69. The molecule has 1 saturated carbocycles. The second-order valence-electron chi connectivity index (χ2n) is 5.32. The van der Waals surface area contributed by atoms with Gasteiger partial charge in [0, 0.05) is 25.1 Å². The number of benzene rings is 1. The molecule has 21 heavy (non-hydrogen) atoms. The molecule has 2 rings (SSSR count). The molecule has 1 aliphatic rings. The van der Waals surface area contributed by atoms with E-state index in [1.54, 1.807) is 24.3 Å². The Labute approximate surface area is 123 Å². The van der Waals surface area contributed by atoms with Crippen LogP contribution in [0, 0.1) is 0 Å². The van der Waals surface area contributed by atoms with Crippen molar-refractivity contribution in [3.05, 3.63) is 35.4 Å². The SMILES string of the molecule is CC(=O)NCC(O)C(O)c1ccc(C(=O)NC2CC2)cc1. The Kier molecular flexibility index (Phi) is 4.93. The van der Waals surface area contributed by atoms with Crippen molar-refractivity contribution in [3.63, 3.8) is 0 Å². The molecule has 6 nitrogen and oxygen atoms in total. The molecule has 0 aliphatic heterocycles. The molecule has 114 valence electrons. The van der Waals surface area contributed by atoms with E-state index in [0.29, 0.717) is 17.2 Å². The van der Waals surface area contributed by atoms with E-state index in [9.17, 15) is 19.8 Å². The zero-order valence-electron chi connectivity index (χ0n) is 11.9. The van der Waals surface area contributed by atoms with Gasteiger partial charge in [-0.3, -0.25) is 9.59 Å². The van der Waals surface area contributed by atoms with Gasteiger partial charge in [0.05, 0.1) is 0 Å². The highest BCUT2D eigenvalue weighted by Crippen LogP contribution is 2.20. The number of aliphatic hydroxyl groups excluding tert-OH is 2. The lowest BCUT2D eigenvalue weighted by Gasteiger charge is -2.18. The summed E-state index contributed by atoms with van der Waals surface area (Å²) in [4.78, 5) is 22.6. The minimum Gasteiger partial charge on any atom is -0.388 e. The standard InChI is InChI=1S/C15H20N2O4/c1-9(18)16-8-13(19)14(20)10-2-4-11(5-3-10)15(21)17-12-6-7-12/h2-5,12-14,19-20H,6-8H2,1H3,(H,16,18)(H,17,21). The number of carbonyl (C=O) groups is 2. The molecule has 0 heterocycles. The van der Waals surface area contributed by atoms with E-state index in [2.05, 4.69) is 10.6 Å². The third-order valence-electron chi connectivity index (χ3n) is 3.35. The molecule has 0 bridgehead atoms. The van der Waals surface area contributed by atoms with Gasteiger partial charge in [0.2, 0.25) is 5.91 Å². The van der Waals surface area contributed by atoms with Crippen LogP contribution < -0.4 is 10.6 Å². The van der Waals surface area contributed by atoms with Crippen molar-refractivity contribution in [2.45, 2.75) is 38.0 Å². The quantitative estimate of drug-likeness (QED) is 0.598. The maximum atomic E-state index is 11.8. The number of nitrogens with one attached hydrogen (secondary N) is 2. The minimum atomic E-state index is -1.11. The van der Waals surface area contributed by atoms with Crippen LogP contribution in [0.5, 0.6) is 0 Å². The number of amides is 2. The lowest BCUT2D eigenvalue weighted by molar-refractivity contribution is -0.119. The van der Waals surface area contributed by atoms with Crippen LogP contribution >= 0.6 is 0 Å². The molecule has 2 amide bonds. The van der Waals surface area contributed by atoms with Gasteiger partial charge < -0.3 is 20.8 Å². The van der Waals surface area contributed by atoms with E-state index in [-0.39, 0.29) is 18.4 Å². The van der Waals surface area contributed by atoms with Crippen LogP contribution in [0.3, 0.4) is 0 Å². The summed E-state index contributed by atoms with van der Waals surface area (Å²) in [6.45, 7) is 1.31. The Morgan fingerprint density at radius 3 is 2.38 bits per heavy atom. The van der Waals surface area contributed by atoms with Crippen LogP contribution in [0.1, 0.15) is 41.8 Å². The number of aliphatic hydroxyl groups is 2. The first kappa shape index (κ1) is 15.5. The van der Waals surface area contributed by atoms with Crippen molar-refractivity contribution >= 4 is 11.8 Å². The molecule has 0 aromatic heterocycles. The summed E-state index contributed by atoms with van der Waals surface area (Å²) in [5, 5.41) is 25.1. The summed E-state index contributed by atoms with van der Waals surface area (Å²) >= 11 is 0. The van der Waals surface area contributed by atoms with Gasteiger partial charge in [-0.05, 0) is 30.5 Å². The number of hydrogen-bond acceptors (Lipinski definition) is 4. The second-order valence-corrected chi connectivity index (χ2v) is 5.32. The molecule has 1 aromatic rings. The molecule has 0 saturated heterocycles. The van der Waals surface area contributed by atoms with E-state index in [4.69, 9.17) is 0 Å². The van der Waals surface area contributed by atoms with Gasteiger partial charge >= 0.3 is 0 Å². The number of carbonyl (C=O) groups excluding carboxylic acids is 2. The summed E-state index contributed by atoms with van der Waals surface area (Å²) < 4.78 is 0. The van der Waals surface area contributed by atoms with Crippen molar-refractivity contribution in [1.29, 1.82) is 0 Å². The van der Waals surface area contributed by atoms with Gasteiger partial charge in [-0.2, -0.15) is 0 Å². The van der Waals surface area contributed by atoms with Crippen LogP contribution in [0.4, 0.5) is 0 Å². The van der Waals surface area contributed by atoms with Crippen LogP contribution in [0.25, 0.3) is 0 Å². The van der Waals surface area contributed by atoms with Crippen molar-refractivity contribution in [2.24, 2.45) is 0 Å². The highest BCUT2D eigenvalue weighted by atomic mass is 16.3. The number of rotatable bonds is 6. The van der Waals surface area contributed by atoms with E-state index in [1.165, 1.54) is 6.92 Å². The third-order valence-corrected chi connectivity index (χ3v) is 3.35. The van der Waals surface area contributed by atoms with Gasteiger partial charge in [-0.25, -0.2) is 0 Å². The lowest BCUT2D eigenvalue weighted by atomic mass is 10.0. The molecule has 1 aromatic carbocycles. The van der Waals surface area contributed by atoms with E-state index >= 15 is 0 Å². The predicted molar refractivity (Wildman–Crippen MR) is 76.6 cm³/mol. The van der Waals surface area contributed by atoms with Crippen molar-refractivity contribution in [2.75, 3.05) is 6.54 Å². The van der Waals surface area contributed by atoms with Gasteiger partial charge in [0.15, 0.2) is 0 Å². The summed E-state index contributed by atoms with van der Waals surface area (Å²) in [6.07, 6.45) is -0.159. The van der Waals surface area contributed by atoms with Crippen LogP contribution in [0.2, 0.25) is 0 Å². The van der Waals surface area contributed by atoms with Gasteiger partial charge in [-0.15, -0.1) is 0 Å². The van der Waals surface area contributed by atoms with Gasteiger partial charge in [-0.1, -0.05) is 12.1 Å². The van der Waals surface area contributed by atoms with E-state index in [1.807, 2.05) is 0 Å². The zero-order chi connectivity index (χ0) is 15.4. The molecular weight excluding hydrogens is 272 g/mol. The molecular formula is C15H20N2O4. The molecule has 6 heteroatoms. The van der Waals surface area contributed by atoms with Gasteiger partial charge in [0.25, 0.3) is 5.91 Å². The third kappa shape index (κ3) is 4.54. The van der Waals surface area contributed by atoms with Crippen LogP contribution in [-0.2, 0) is 4.79 Å². The van der Waals surface area contributed by atoms with Crippen molar-refractivity contribution < 1.29 is 19.8 Å². The Hall–Kier alpha value is -1.92. The predicted octanol–water partition coefficient (Wildman–Crippen LogP) is 0.109. The van der Waals surface area contributed by atoms with Gasteiger partial charge in [0.1, 0.15) is 12.2 Å². The highest BCUT2D eigenvalue weighted by molar-refractivity contribution is 5.94. The molecule has 0 radical (unpaired) electrons. The normalized spacial score (nSPS) is 16.9. The zero-order valence-corrected chi connectivity index (χ0v) is 11.9. The first-order chi connectivity index (χ1) is 9.97. The minimum absolute atomic E-state index is 0.0274. The van der Waals surface area contributed by atoms with Crippen molar-refractivity contribution in [1.82, 2.24) is 10.6 Å². The molecule has 2 atom stereocenters. The fourth-order valence-electron chi connectivity index (χ4n) is 1.91. The fraction of sp³-hybridized carbons (Fsp3) is 0.467. The smallest absolute Gasteiger partial charge is 0.251 e. The maximum Gasteiger partial charge on any atom is 0.251 e. The average Bonchev–Trinajstić information content (AvgIpc) is 3.28. The first-order valence-electron chi connectivity index (χ1n) is 6.98. The van der Waals surface area contributed by atoms with E-state index in [0.717, 1.165) is 12.8 Å². The van der Waals surface area contributed by atoms with Crippen molar-refractivity contribution in [3.8, 4) is 0 Å². The molecule has 1 aliphatic carbocycles. The Morgan fingerprint density at radius 2 is 1.86 bits per heavy atom. The van der Waals surface area contributed by atoms with E-state index < -0.39 is 12.2 Å². The lowest BCUT2D eigenvalue weighted by Crippen LogP contribution is -2.34. The van der Waals surface area contributed by atoms with Crippen LogP contribution in [-0.4, -0.2) is 40.7 Å².